The molecule has 0 aliphatic rings. The van der Waals surface area contributed by atoms with E-state index in [-0.39, 0.29) is 34.2 Å². The van der Waals surface area contributed by atoms with Crippen molar-refractivity contribution in [2.75, 3.05) is 12.9 Å². The van der Waals surface area contributed by atoms with Gasteiger partial charge in [0.25, 0.3) is 0 Å². The number of nitrogens with zero attached hydrogens (tertiary/aromatic N) is 1. The molecule has 0 saturated heterocycles. The number of esters is 1. The van der Waals surface area contributed by atoms with Crippen LogP contribution in [0.15, 0.2) is 40.2 Å². The first-order valence-electron chi connectivity index (χ1n) is 8.49. The van der Waals surface area contributed by atoms with Crippen molar-refractivity contribution in [3.63, 3.8) is 0 Å². The highest BCUT2D eigenvalue weighted by Gasteiger charge is 2.21. The molecule has 1 aromatic carbocycles. The van der Waals surface area contributed by atoms with Crippen molar-refractivity contribution in [3.8, 4) is 0 Å². The Hall–Kier alpha value is -2.61. The number of H-pyrrole nitrogens is 1. The van der Waals surface area contributed by atoms with Gasteiger partial charge in [0.1, 0.15) is 10.6 Å². The highest BCUT2D eigenvalue weighted by molar-refractivity contribution is 8.00. The lowest BCUT2D eigenvalue weighted by atomic mass is 9.96. The number of aromatic nitrogens is 2. The monoisotopic (exact) mass is 389 g/mol. The number of hydrogen-bond donors (Lipinski definition) is 2. The Bertz CT molecular complexity index is 865. The highest BCUT2D eigenvalue weighted by atomic mass is 32.2. The maximum Gasteiger partial charge on any atom is 0.346 e. The number of nitrogens with one attached hydrogen (secondary N) is 2. The molecule has 2 N–H and O–H groups in total. The molecule has 2 rings (SSSR count). The van der Waals surface area contributed by atoms with Crippen LogP contribution >= 0.6 is 11.8 Å². The van der Waals surface area contributed by atoms with Gasteiger partial charge in [0.05, 0.1) is 18.9 Å². The van der Waals surface area contributed by atoms with Crippen LogP contribution in [0.25, 0.3) is 0 Å². The molecule has 0 bridgehead atoms. The number of carbonyl (C=O) groups is 2. The first kappa shape index (κ1) is 20.7. The lowest BCUT2D eigenvalue weighted by molar-refractivity contribution is -0.119. The number of hydrogen-bond acceptors (Lipinski definition) is 6. The number of methoxy groups -OCH3 is 1. The van der Waals surface area contributed by atoms with Crippen LogP contribution < -0.4 is 11.0 Å². The minimum atomic E-state index is -0.608. The third kappa shape index (κ3) is 5.43. The molecule has 1 atom stereocenters. The molecule has 0 fully saturated rings. The summed E-state index contributed by atoms with van der Waals surface area (Å²) >= 11 is 1.03. The van der Waals surface area contributed by atoms with Crippen LogP contribution in [0.1, 0.15) is 41.5 Å². The van der Waals surface area contributed by atoms with E-state index in [9.17, 15) is 14.4 Å². The molecule has 0 saturated carbocycles. The van der Waals surface area contributed by atoms with Crippen molar-refractivity contribution in [1.82, 2.24) is 15.3 Å². The second-order valence-electron chi connectivity index (χ2n) is 6.33. The van der Waals surface area contributed by atoms with Crippen LogP contribution in [0.3, 0.4) is 0 Å². The second-order valence-corrected chi connectivity index (χ2v) is 7.29. The number of ether oxygens (including phenoxy) is 1. The zero-order valence-corrected chi connectivity index (χ0v) is 16.6. The number of thioether (sulfide) groups is 1. The average molecular weight is 389 g/mol. The van der Waals surface area contributed by atoms with Gasteiger partial charge in [-0.05, 0) is 18.4 Å². The summed E-state index contributed by atoms with van der Waals surface area (Å²) in [6.07, 6.45) is 0. The predicted molar refractivity (Wildman–Crippen MR) is 104 cm³/mol. The Labute approximate surface area is 161 Å². The van der Waals surface area contributed by atoms with E-state index >= 15 is 0 Å². The molecule has 1 unspecified atom stereocenters. The standard InChI is InChI=1S/C19H23N3O4S/c1-11(2)16(13-8-6-5-7-9-13)21-14(23)10-27-17-15(18(24)26-4)12(3)20-19(25)22-17/h5-9,11,16H,10H2,1-4H3,(H,21,23)(H,20,22,25). The van der Waals surface area contributed by atoms with Gasteiger partial charge in [-0.15, -0.1) is 0 Å². The summed E-state index contributed by atoms with van der Waals surface area (Å²) in [6, 6.07) is 9.58. The van der Waals surface area contributed by atoms with Crippen LogP contribution in [0.5, 0.6) is 0 Å². The smallest absolute Gasteiger partial charge is 0.346 e. The maximum absolute atomic E-state index is 12.5. The third-order valence-electron chi connectivity index (χ3n) is 3.96. The largest absolute Gasteiger partial charge is 0.465 e. The molecule has 0 radical (unpaired) electrons. The van der Waals surface area contributed by atoms with Gasteiger partial charge >= 0.3 is 11.7 Å². The quantitative estimate of drug-likeness (QED) is 0.429. The SMILES string of the molecule is COC(=O)c1c(SCC(=O)NC(c2ccccc2)C(C)C)nc(=O)[nH]c1C. The normalized spacial score (nSPS) is 11.9. The molecule has 1 amide bonds. The fraction of sp³-hybridized carbons (Fsp3) is 0.368. The van der Waals surface area contributed by atoms with E-state index in [0.717, 1.165) is 17.3 Å². The third-order valence-corrected chi connectivity index (χ3v) is 4.93. The molecule has 1 heterocycles. The first-order chi connectivity index (χ1) is 12.8. The van der Waals surface area contributed by atoms with Crippen molar-refractivity contribution < 1.29 is 14.3 Å². The molecule has 144 valence electrons. The van der Waals surface area contributed by atoms with Gasteiger partial charge in [0, 0.05) is 5.69 Å². The molecule has 27 heavy (non-hydrogen) atoms. The number of aromatic amines is 1. The summed E-state index contributed by atoms with van der Waals surface area (Å²) in [7, 11) is 1.25. The summed E-state index contributed by atoms with van der Waals surface area (Å²) in [5.74, 6) is -0.593. The van der Waals surface area contributed by atoms with Crippen molar-refractivity contribution in [2.24, 2.45) is 5.92 Å². The molecule has 0 aliphatic heterocycles. The highest BCUT2D eigenvalue weighted by Crippen LogP contribution is 2.24. The molecular formula is C19H23N3O4S. The fourth-order valence-electron chi connectivity index (χ4n) is 2.65. The Kier molecular flexibility index (Phi) is 7.18. The van der Waals surface area contributed by atoms with E-state index < -0.39 is 11.7 Å². The zero-order valence-electron chi connectivity index (χ0n) is 15.7. The Morgan fingerprint density at radius 2 is 1.93 bits per heavy atom. The molecule has 7 nitrogen and oxygen atoms in total. The van der Waals surface area contributed by atoms with Crippen molar-refractivity contribution in [3.05, 3.63) is 57.6 Å². The summed E-state index contributed by atoms with van der Waals surface area (Å²) in [5.41, 5.74) is 0.964. The molecule has 8 heteroatoms. The van der Waals surface area contributed by atoms with Gasteiger partial charge in [-0.1, -0.05) is 55.9 Å². The van der Waals surface area contributed by atoms with E-state index in [0.29, 0.717) is 5.69 Å². The Balaban J connectivity index is 2.13. The maximum atomic E-state index is 12.5. The fourth-order valence-corrected chi connectivity index (χ4v) is 3.53. The average Bonchev–Trinajstić information content (AvgIpc) is 2.63. The molecule has 0 spiro atoms. The lowest BCUT2D eigenvalue weighted by Crippen LogP contribution is -2.33. The first-order valence-corrected chi connectivity index (χ1v) is 9.48. The van der Waals surface area contributed by atoms with E-state index in [1.165, 1.54) is 7.11 Å². The van der Waals surface area contributed by atoms with Gasteiger partial charge < -0.3 is 15.0 Å². The van der Waals surface area contributed by atoms with Gasteiger partial charge in [-0.3, -0.25) is 4.79 Å². The van der Waals surface area contributed by atoms with E-state index in [2.05, 4.69) is 15.3 Å². The molecule has 2 aromatic rings. The molecule has 0 aliphatic carbocycles. The molecule has 1 aromatic heterocycles. The second kappa shape index (κ2) is 9.36. The minimum Gasteiger partial charge on any atom is -0.465 e. The van der Waals surface area contributed by atoms with E-state index in [1.807, 2.05) is 44.2 Å². The predicted octanol–water partition coefficient (Wildman–Crippen LogP) is 2.47. The van der Waals surface area contributed by atoms with Crippen LogP contribution in [-0.2, 0) is 9.53 Å². The van der Waals surface area contributed by atoms with Crippen LogP contribution in [0.4, 0.5) is 0 Å². The van der Waals surface area contributed by atoms with E-state index in [4.69, 9.17) is 4.74 Å². The Morgan fingerprint density at radius 3 is 2.52 bits per heavy atom. The number of benzene rings is 1. The topological polar surface area (TPSA) is 101 Å². The molecular weight excluding hydrogens is 366 g/mol. The summed E-state index contributed by atoms with van der Waals surface area (Å²) in [4.78, 5) is 42.4. The minimum absolute atomic E-state index is 0.0238. The van der Waals surface area contributed by atoms with Crippen molar-refractivity contribution in [2.45, 2.75) is 31.8 Å². The summed E-state index contributed by atoms with van der Waals surface area (Å²) < 4.78 is 4.74. The number of amides is 1. The van der Waals surface area contributed by atoms with Crippen LogP contribution in [-0.4, -0.2) is 34.7 Å². The van der Waals surface area contributed by atoms with Crippen LogP contribution in [0.2, 0.25) is 0 Å². The number of aryl methyl sites for hydroxylation is 1. The van der Waals surface area contributed by atoms with E-state index in [1.54, 1.807) is 6.92 Å². The zero-order chi connectivity index (χ0) is 20.0. The Morgan fingerprint density at radius 1 is 1.26 bits per heavy atom. The summed E-state index contributed by atoms with van der Waals surface area (Å²) in [6.45, 7) is 5.65. The van der Waals surface area contributed by atoms with Crippen LogP contribution in [0, 0.1) is 12.8 Å². The van der Waals surface area contributed by atoms with Gasteiger partial charge in [0.15, 0.2) is 0 Å². The number of rotatable bonds is 7. The van der Waals surface area contributed by atoms with Crippen molar-refractivity contribution >= 4 is 23.6 Å². The van der Waals surface area contributed by atoms with Gasteiger partial charge in [-0.25, -0.2) is 9.59 Å². The lowest BCUT2D eigenvalue weighted by Gasteiger charge is -2.23. The van der Waals surface area contributed by atoms with Crippen molar-refractivity contribution in [1.29, 1.82) is 0 Å². The number of carbonyl (C=O) groups excluding carboxylic acids is 2. The van der Waals surface area contributed by atoms with Gasteiger partial charge in [0.2, 0.25) is 5.91 Å². The van der Waals surface area contributed by atoms with Gasteiger partial charge in [-0.2, -0.15) is 4.98 Å². The summed E-state index contributed by atoms with van der Waals surface area (Å²) in [5, 5.41) is 3.18.